The first-order valence-corrected chi connectivity index (χ1v) is 4.86. The van der Waals surface area contributed by atoms with E-state index in [2.05, 4.69) is 5.32 Å². The summed E-state index contributed by atoms with van der Waals surface area (Å²) < 4.78 is 5.24. The van der Waals surface area contributed by atoms with E-state index in [1.54, 1.807) is 6.26 Å². The number of nitrogens with one attached hydrogen (secondary N) is 1. The Labute approximate surface area is 88.4 Å². The van der Waals surface area contributed by atoms with Gasteiger partial charge in [0.2, 0.25) is 0 Å². The highest BCUT2D eigenvalue weighted by Gasteiger charge is 2.12. The summed E-state index contributed by atoms with van der Waals surface area (Å²) in [5, 5.41) is 12.4. The Morgan fingerprint density at radius 1 is 1.13 bits per heavy atom. The molecule has 1 aromatic heterocycles. The molecule has 0 saturated carbocycles. The lowest BCUT2D eigenvalue weighted by Gasteiger charge is -2.14. The van der Waals surface area contributed by atoms with Crippen LogP contribution in [-0.2, 0) is 0 Å². The standard InChI is InChI=1S/C12H13NO2/c14-9-11(12-7-4-8-15-12)13-10-5-2-1-3-6-10/h1-8,11,13-14H,9H2. The lowest BCUT2D eigenvalue weighted by atomic mass is 10.2. The molecule has 1 aromatic carbocycles. The van der Waals surface area contributed by atoms with Crippen molar-refractivity contribution in [1.82, 2.24) is 0 Å². The van der Waals surface area contributed by atoms with Gasteiger partial charge in [0, 0.05) is 5.69 Å². The first-order chi connectivity index (χ1) is 7.40. The Bertz CT molecular complexity index is 383. The monoisotopic (exact) mass is 203 g/mol. The van der Waals surface area contributed by atoms with E-state index >= 15 is 0 Å². The third-order valence-electron chi connectivity index (χ3n) is 2.18. The summed E-state index contributed by atoms with van der Waals surface area (Å²) in [6.45, 7) is 0.00239. The minimum absolute atomic E-state index is 0.00239. The zero-order valence-corrected chi connectivity index (χ0v) is 8.26. The zero-order chi connectivity index (χ0) is 10.5. The molecule has 0 aliphatic carbocycles. The number of hydrogen-bond acceptors (Lipinski definition) is 3. The van der Waals surface area contributed by atoms with Crippen molar-refractivity contribution in [3.8, 4) is 0 Å². The third-order valence-corrected chi connectivity index (χ3v) is 2.18. The molecule has 3 heteroatoms. The molecular weight excluding hydrogens is 190 g/mol. The fraction of sp³-hybridized carbons (Fsp3) is 0.167. The maximum absolute atomic E-state index is 9.24. The molecule has 0 saturated heterocycles. The van der Waals surface area contributed by atoms with Crippen LogP contribution < -0.4 is 5.32 Å². The van der Waals surface area contributed by atoms with E-state index in [0.717, 1.165) is 11.4 Å². The lowest BCUT2D eigenvalue weighted by Crippen LogP contribution is -2.13. The Morgan fingerprint density at radius 3 is 2.53 bits per heavy atom. The van der Waals surface area contributed by atoms with Gasteiger partial charge in [-0.3, -0.25) is 0 Å². The molecule has 2 aromatic rings. The van der Waals surface area contributed by atoms with Gasteiger partial charge in [-0.1, -0.05) is 18.2 Å². The topological polar surface area (TPSA) is 45.4 Å². The smallest absolute Gasteiger partial charge is 0.128 e. The van der Waals surface area contributed by atoms with Crippen molar-refractivity contribution in [2.75, 3.05) is 11.9 Å². The van der Waals surface area contributed by atoms with Crippen LogP contribution in [0.15, 0.2) is 53.1 Å². The second kappa shape index (κ2) is 4.66. The number of anilines is 1. The minimum atomic E-state index is -0.192. The maximum Gasteiger partial charge on any atom is 0.128 e. The summed E-state index contributed by atoms with van der Waals surface area (Å²) in [6, 6.07) is 13.2. The summed E-state index contributed by atoms with van der Waals surface area (Å²) in [6.07, 6.45) is 1.60. The summed E-state index contributed by atoms with van der Waals surface area (Å²) >= 11 is 0. The van der Waals surface area contributed by atoms with Crippen molar-refractivity contribution in [2.24, 2.45) is 0 Å². The van der Waals surface area contributed by atoms with Gasteiger partial charge < -0.3 is 14.8 Å². The van der Waals surface area contributed by atoms with E-state index in [1.807, 2.05) is 42.5 Å². The first-order valence-electron chi connectivity index (χ1n) is 4.86. The van der Waals surface area contributed by atoms with Crippen molar-refractivity contribution >= 4 is 5.69 Å². The van der Waals surface area contributed by atoms with E-state index in [0.29, 0.717) is 0 Å². The van der Waals surface area contributed by atoms with E-state index < -0.39 is 0 Å². The largest absolute Gasteiger partial charge is 0.467 e. The Kier molecular flexibility index (Phi) is 3.05. The molecule has 0 fully saturated rings. The van der Waals surface area contributed by atoms with Crippen LogP contribution in [0, 0.1) is 0 Å². The average Bonchev–Trinajstić information content (AvgIpc) is 2.81. The van der Waals surface area contributed by atoms with Gasteiger partial charge in [-0.25, -0.2) is 0 Å². The molecule has 2 rings (SSSR count). The van der Waals surface area contributed by atoms with Crippen molar-refractivity contribution in [3.63, 3.8) is 0 Å². The van der Waals surface area contributed by atoms with Gasteiger partial charge in [-0.05, 0) is 24.3 Å². The molecule has 0 radical (unpaired) electrons. The van der Waals surface area contributed by atoms with Gasteiger partial charge in [0.25, 0.3) is 0 Å². The van der Waals surface area contributed by atoms with Gasteiger partial charge >= 0.3 is 0 Å². The molecule has 1 atom stereocenters. The highest BCUT2D eigenvalue weighted by molar-refractivity contribution is 5.44. The number of hydrogen-bond donors (Lipinski definition) is 2. The molecule has 15 heavy (non-hydrogen) atoms. The number of rotatable bonds is 4. The SMILES string of the molecule is OCC(Nc1ccccc1)c1ccco1. The predicted octanol–water partition coefficient (Wildman–Crippen LogP) is 2.43. The van der Waals surface area contributed by atoms with E-state index in [1.165, 1.54) is 0 Å². The minimum Gasteiger partial charge on any atom is -0.467 e. The lowest BCUT2D eigenvalue weighted by molar-refractivity contribution is 0.261. The van der Waals surface area contributed by atoms with Crippen LogP contribution in [0.25, 0.3) is 0 Å². The molecule has 2 N–H and O–H groups in total. The highest BCUT2D eigenvalue weighted by atomic mass is 16.3. The molecule has 78 valence electrons. The van der Waals surface area contributed by atoms with Crippen LogP contribution in [0.1, 0.15) is 11.8 Å². The molecule has 0 amide bonds. The first kappa shape index (κ1) is 9.80. The number of aliphatic hydroxyl groups is 1. The van der Waals surface area contributed by atoms with Gasteiger partial charge in [-0.2, -0.15) is 0 Å². The van der Waals surface area contributed by atoms with Gasteiger partial charge in [0.1, 0.15) is 11.8 Å². The molecule has 1 heterocycles. The van der Waals surface area contributed by atoms with E-state index in [-0.39, 0.29) is 12.6 Å². The average molecular weight is 203 g/mol. The van der Waals surface area contributed by atoms with Crippen molar-refractivity contribution in [1.29, 1.82) is 0 Å². The van der Waals surface area contributed by atoms with Crippen LogP contribution in [0.3, 0.4) is 0 Å². The fourth-order valence-electron chi connectivity index (χ4n) is 1.43. The number of aliphatic hydroxyl groups excluding tert-OH is 1. The van der Waals surface area contributed by atoms with Gasteiger partial charge in [0.05, 0.1) is 12.9 Å². The Balaban J connectivity index is 2.10. The van der Waals surface area contributed by atoms with Crippen molar-refractivity contribution < 1.29 is 9.52 Å². The molecule has 0 aliphatic heterocycles. The predicted molar refractivity (Wildman–Crippen MR) is 58.6 cm³/mol. The maximum atomic E-state index is 9.24. The van der Waals surface area contributed by atoms with E-state index in [9.17, 15) is 5.11 Å². The number of benzene rings is 1. The van der Waals surface area contributed by atoms with Crippen LogP contribution in [0.5, 0.6) is 0 Å². The Morgan fingerprint density at radius 2 is 1.93 bits per heavy atom. The molecular formula is C12H13NO2. The van der Waals surface area contributed by atoms with Crippen molar-refractivity contribution in [2.45, 2.75) is 6.04 Å². The molecule has 0 aliphatic rings. The van der Waals surface area contributed by atoms with E-state index in [4.69, 9.17) is 4.42 Å². The van der Waals surface area contributed by atoms with Crippen molar-refractivity contribution in [3.05, 3.63) is 54.5 Å². The number of furan rings is 1. The number of para-hydroxylation sites is 1. The molecule has 0 bridgehead atoms. The fourth-order valence-corrected chi connectivity index (χ4v) is 1.43. The summed E-state index contributed by atoms with van der Waals surface area (Å²) in [4.78, 5) is 0. The van der Waals surface area contributed by atoms with Gasteiger partial charge in [-0.15, -0.1) is 0 Å². The second-order valence-electron chi connectivity index (χ2n) is 3.26. The van der Waals surface area contributed by atoms with Crippen LogP contribution >= 0.6 is 0 Å². The zero-order valence-electron chi connectivity index (χ0n) is 8.26. The van der Waals surface area contributed by atoms with Crippen LogP contribution in [-0.4, -0.2) is 11.7 Å². The summed E-state index contributed by atoms with van der Waals surface area (Å²) in [5.74, 6) is 0.737. The Hall–Kier alpha value is -1.74. The summed E-state index contributed by atoms with van der Waals surface area (Å²) in [5.41, 5.74) is 0.966. The molecule has 3 nitrogen and oxygen atoms in total. The quantitative estimate of drug-likeness (QED) is 0.802. The highest BCUT2D eigenvalue weighted by Crippen LogP contribution is 2.18. The van der Waals surface area contributed by atoms with Gasteiger partial charge in [0.15, 0.2) is 0 Å². The second-order valence-corrected chi connectivity index (χ2v) is 3.26. The normalized spacial score (nSPS) is 12.3. The summed E-state index contributed by atoms with van der Waals surface area (Å²) in [7, 11) is 0. The third kappa shape index (κ3) is 2.39. The molecule has 0 spiro atoms. The van der Waals surface area contributed by atoms with Crippen LogP contribution in [0.4, 0.5) is 5.69 Å². The molecule has 1 unspecified atom stereocenters. The van der Waals surface area contributed by atoms with Crippen LogP contribution in [0.2, 0.25) is 0 Å².